The van der Waals surface area contributed by atoms with Crippen LogP contribution in [-0.4, -0.2) is 24.8 Å². The van der Waals surface area contributed by atoms with Crippen molar-refractivity contribution in [3.05, 3.63) is 41.7 Å². The molecular weight excluding hydrogens is 324 g/mol. The zero-order valence-electron chi connectivity index (χ0n) is 16.4. The number of aryl methyl sites for hydroxylation is 1. The Morgan fingerprint density at radius 3 is 2.88 bits per heavy atom. The molecule has 1 unspecified atom stereocenters. The number of unbranched alkanes of at least 4 members (excludes halogenated alkanes) is 3. The largest absolute Gasteiger partial charge is 0.462 e. The van der Waals surface area contributed by atoms with Gasteiger partial charge in [-0.3, -0.25) is 9.79 Å². The van der Waals surface area contributed by atoms with E-state index in [9.17, 15) is 4.79 Å². The van der Waals surface area contributed by atoms with Crippen LogP contribution in [0.3, 0.4) is 0 Å². The Kier molecular flexibility index (Phi) is 8.39. The van der Waals surface area contributed by atoms with Crippen LogP contribution in [0.25, 0.3) is 0 Å². The minimum atomic E-state index is -0.162. The van der Waals surface area contributed by atoms with Crippen LogP contribution >= 0.6 is 0 Å². The second kappa shape index (κ2) is 10.8. The minimum absolute atomic E-state index is 0.157. The number of rotatable bonds is 10. The number of carbonyl (C=O) groups excluding carboxylic acids is 1. The van der Waals surface area contributed by atoms with Crippen molar-refractivity contribution >= 4 is 17.9 Å². The Bertz CT molecular complexity index is 637. The van der Waals surface area contributed by atoms with Gasteiger partial charge in [0.1, 0.15) is 6.10 Å². The SMILES string of the molecule is CCCCCCc1cccc(N2C=C(CC(C)OC(=O)CC)N=CC2)c1. The van der Waals surface area contributed by atoms with Gasteiger partial charge >= 0.3 is 5.97 Å². The zero-order valence-corrected chi connectivity index (χ0v) is 16.4. The molecule has 0 spiro atoms. The lowest BCUT2D eigenvalue weighted by molar-refractivity contribution is -0.147. The first-order valence-electron chi connectivity index (χ1n) is 9.90. The zero-order chi connectivity index (χ0) is 18.8. The fraction of sp³-hybridized carbons (Fsp3) is 0.545. The van der Waals surface area contributed by atoms with Crippen molar-refractivity contribution in [1.29, 1.82) is 0 Å². The molecule has 142 valence electrons. The molecule has 4 heteroatoms. The predicted octanol–water partition coefficient (Wildman–Crippen LogP) is 5.27. The average Bonchev–Trinajstić information content (AvgIpc) is 2.65. The van der Waals surface area contributed by atoms with E-state index in [1.807, 2.05) is 20.1 Å². The lowest BCUT2D eigenvalue weighted by Crippen LogP contribution is -2.23. The fourth-order valence-electron chi connectivity index (χ4n) is 3.09. The molecule has 0 aliphatic carbocycles. The summed E-state index contributed by atoms with van der Waals surface area (Å²) in [4.78, 5) is 18.1. The summed E-state index contributed by atoms with van der Waals surface area (Å²) >= 11 is 0. The van der Waals surface area contributed by atoms with Gasteiger partial charge in [-0.1, -0.05) is 45.2 Å². The van der Waals surface area contributed by atoms with E-state index in [1.54, 1.807) is 0 Å². The predicted molar refractivity (Wildman–Crippen MR) is 109 cm³/mol. The second-order valence-corrected chi connectivity index (χ2v) is 6.92. The lowest BCUT2D eigenvalue weighted by atomic mass is 10.1. The minimum Gasteiger partial charge on any atom is -0.462 e. The van der Waals surface area contributed by atoms with Gasteiger partial charge in [0, 0.05) is 30.9 Å². The first kappa shape index (κ1) is 20.2. The highest BCUT2D eigenvalue weighted by molar-refractivity contribution is 5.71. The molecule has 1 aliphatic heterocycles. The van der Waals surface area contributed by atoms with Gasteiger partial charge in [0.15, 0.2) is 0 Å². The third-order valence-corrected chi connectivity index (χ3v) is 4.52. The number of hydrogen-bond donors (Lipinski definition) is 0. The topological polar surface area (TPSA) is 41.9 Å². The number of esters is 1. The first-order valence-corrected chi connectivity index (χ1v) is 9.90. The molecule has 4 nitrogen and oxygen atoms in total. The molecule has 1 heterocycles. The van der Waals surface area contributed by atoms with Gasteiger partial charge in [-0.25, -0.2) is 0 Å². The molecule has 0 amide bonds. The third kappa shape index (κ3) is 6.66. The Morgan fingerprint density at radius 2 is 2.12 bits per heavy atom. The van der Waals surface area contributed by atoms with E-state index in [-0.39, 0.29) is 12.1 Å². The number of benzene rings is 1. The Labute approximate surface area is 158 Å². The summed E-state index contributed by atoms with van der Waals surface area (Å²) in [7, 11) is 0. The summed E-state index contributed by atoms with van der Waals surface area (Å²) in [6.07, 6.45) is 11.2. The molecule has 0 bridgehead atoms. The highest BCUT2D eigenvalue weighted by Gasteiger charge is 2.14. The van der Waals surface area contributed by atoms with Crippen LogP contribution in [0, 0.1) is 0 Å². The van der Waals surface area contributed by atoms with E-state index >= 15 is 0 Å². The molecule has 26 heavy (non-hydrogen) atoms. The molecule has 1 atom stereocenters. The maximum Gasteiger partial charge on any atom is 0.305 e. The van der Waals surface area contributed by atoms with Crippen molar-refractivity contribution in [3.63, 3.8) is 0 Å². The molecule has 1 aliphatic rings. The third-order valence-electron chi connectivity index (χ3n) is 4.52. The Morgan fingerprint density at radius 1 is 1.27 bits per heavy atom. The number of carbonyl (C=O) groups is 1. The molecule has 0 N–H and O–H groups in total. The van der Waals surface area contributed by atoms with E-state index in [1.165, 1.54) is 36.9 Å². The molecular formula is C22H32N2O2. The van der Waals surface area contributed by atoms with E-state index in [4.69, 9.17) is 4.74 Å². The fourth-order valence-corrected chi connectivity index (χ4v) is 3.09. The summed E-state index contributed by atoms with van der Waals surface area (Å²) in [6, 6.07) is 8.77. The number of hydrogen-bond acceptors (Lipinski definition) is 4. The van der Waals surface area contributed by atoms with Crippen molar-refractivity contribution in [2.24, 2.45) is 4.99 Å². The average molecular weight is 357 g/mol. The maximum atomic E-state index is 11.4. The van der Waals surface area contributed by atoms with Crippen LogP contribution in [-0.2, 0) is 16.0 Å². The first-order chi connectivity index (χ1) is 12.6. The summed E-state index contributed by atoms with van der Waals surface area (Å²) in [5, 5.41) is 0. The van der Waals surface area contributed by atoms with Gasteiger partial charge in [-0.2, -0.15) is 0 Å². The highest BCUT2D eigenvalue weighted by Crippen LogP contribution is 2.22. The normalized spacial score (nSPS) is 14.9. The molecule has 0 saturated heterocycles. The van der Waals surface area contributed by atoms with Gasteiger partial charge in [0.2, 0.25) is 0 Å². The number of aliphatic imine (C=N–C) groups is 1. The van der Waals surface area contributed by atoms with Gasteiger partial charge in [-0.15, -0.1) is 0 Å². The summed E-state index contributed by atoms with van der Waals surface area (Å²) in [5.41, 5.74) is 3.53. The molecule has 1 aromatic carbocycles. The molecule has 2 rings (SSSR count). The molecule has 0 saturated carbocycles. The Balaban J connectivity index is 1.96. The Hall–Kier alpha value is -2.10. The van der Waals surface area contributed by atoms with Gasteiger partial charge in [-0.05, 0) is 37.5 Å². The summed E-state index contributed by atoms with van der Waals surface area (Å²) in [5.74, 6) is -0.162. The van der Waals surface area contributed by atoms with Crippen molar-refractivity contribution in [3.8, 4) is 0 Å². The van der Waals surface area contributed by atoms with Crippen LogP contribution in [0.4, 0.5) is 5.69 Å². The van der Waals surface area contributed by atoms with Gasteiger partial charge in [0.25, 0.3) is 0 Å². The van der Waals surface area contributed by atoms with Crippen LogP contribution in [0.2, 0.25) is 0 Å². The number of anilines is 1. The number of ether oxygens (including phenoxy) is 1. The van der Waals surface area contributed by atoms with Crippen molar-refractivity contribution in [2.75, 3.05) is 11.4 Å². The monoisotopic (exact) mass is 356 g/mol. The molecule has 0 fully saturated rings. The smallest absolute Gasteiger partial charge is 0.305 e. The number of nitrogens with zero attached hydrogens (tertiary/aromatic N) is 2. The molecule has 0 aromatic heterocycles. The van der Waals surface area contributed by atoms with E-state index in [2.05, 4.69) is 47.3 Å². The molecule has 1 aromatic rings. The van der Waals surface area contributed by atoms with E-state index < -0.39 is 0 Å². The van der Waals surface area contributed by atoms with Crippen molar-refractivity contribution in [2.45, 2.75) is 71.8 Å². The van der Waals surface area contributed by atoms with Crippen molar-refractivity contribution < 1.29 is 9.53 Å². The van der Waals surface area contributed by atoms with Crippen molar-refractivity contribution in [1.82, 2.24) is 0 Å². The van der Waals surface area contributed by atoms with Crippen LogP contribution in [0.5, 0.6) is 0 Å². The van der Waals surface area contributed by atoms with E-state index in [0.717, 1.165) is 18.7 Å². The second-order valence-electron chi connectivity index (χ2n) is 6.92. The maximum absolute atomic E-state index is 11.4. The van der Waals surface area contributed by atoms with Gasteiger partial charge < -0.3 is 9.64 Å². The lowest BCUT2D eigenvalue weighted by Gasteiger charge is -2.24. The van der Waals surface area contributed by atoms with Crippen LogP contribution < -0.4 is 4.90 Å². The quantitative estimate of drug-likeness (QED) is 0.423. The van der Waals surface area contributed by atoms with Crippen LogP contribution in [0.15, 0.2) is 41.2 Å². The van der Waals surface area contributed by atoms with Gasteiger partial charge in [0.05, 0.1) is 12.2 Å². The van der Waals surface area contributed by atoms with E-state index in [0.29, 0.717) is 12.8 Å². The molecule has 0 radical (unpaired) electrons. The standard InChI is InChI=1S/C22H32N2O2/c1-4-6-7-8-10-19-11-9-12-21(16-19)24-14-13-23-20(17-24)15-18(3)26-22(25)5-2/h9,11-13,16-18H,4-8,10,14-15H2,1-3H3. The summed E-state index contributed by atoms with van der Waals surface area (Å²) in [6.45, 7) is 6.74. The summed E-state index contributed by atoms with van der Waals surface area (Å²) < 4.78 is 5.35. The van der Waals surface area contributed by atoms with Crippen LogP contribution in [0.1, 0.15) is 64.9 Å². The highest BCUT2D eigenvalue weighted by atomic mass is 16.5.